The molecule has 5 aromatic carbocycles. The summed E-state index contributed by atoms with van der Waals surface area (Å²) in [6, 6.07) is 33.1. The second kappa shape index (κ2) is 13.0. The molecule has 0 aliphatic rings. The van der Waals surface area contributed by atoms with Crippen molar-refractivity contribution in [1.82, 2.24) is 5.43 Å². The Labute approximate surface area is 247 Å². The lowest BCUT2D eigenvalue weighted by atomic mass is 10.0. The fourth-order valence-electron chi connectivity index (χ4n) is 4.21. The summed E-state index contributed by atoms with van der Waals surface area (Å²) in [5, 5.41) is 10.8. The van der Waals surface area contributed by atoms with E-state index in [4.69, 9.17) is 4.74 Å². The number of ether oxygens (including phenoxy) is 1. The Morgan fingerprint density at radius 2 is 1.35 bits per heavy atom. The van der Waals surface area contributed by atoms with E-state index in [2.05, 4.69) is 21.2 Å². The molecule has 9 heteroatoms. The second-order valence-electron chi connectivity index (χ2n) is 9.50. The number of amides is 3. The van der Waals surface area contributed by atoms with E-state index in [-0.39, 0.29) is 11.3 Å². The molecule has 0 aliphatic heterocycles. The highest BCUT2D eigenvalue weighted by molar-refractivity contribution is 6.40. The first-order chi connectivity index (χ1) is 20.9. The number of carbonyl (C=O) groups excluding carboxylic acids is 4. The van der Waals surface area contributed by atoms with Crippen LogP contribution in [-0.2, 0) is 9.59 Å². The third-order valence-electron chi connectivity index (χ3n) is 6.42. The van der Waals surface area contributed by atoms with Crippen LogP contribution < -0.4 is 20.8 Å². The van der Waals surface area contributed by atoms with Gasteiger partial charge in [-0.25, -0.2) is 10.2 Å². The number of carbonyl (C=O) groups is 4. The molecular formula is C34H26N4O5. The summed E-state index contributed by atoms with van der Waals surface area (Å²) in [5.41, 5.74) is 5.21. The van der Waals surface area contributed by atoms with Crippen molar-refractivity contribution in [3.05, 3.63) is 138 Å². The summed E-state index contributed by atoms with van der Waals surface area (Å²) in [4.78, 5) is 50.4. The predicted molar refractivity (Wildman–Crippen MR) is 165 cm³/mol. The zero-order chi connectivity index (χ0) is 30.2. The van der Waals surface area contributed by atoms with Crippen LogP contribution in [0.2, 0.25) is 0 Å². The molecule has 3 amide bonds. The minimum atomic E-state index is -1.02. The van der Waals surface area contributed by atoms with Crippen molar-refractivity contribution in [2.24, 2.45) is 5.10 Å². The molecule has 0 fully saturated rings. The van der Waals surface area contributed by atoms with Gasteiger partial charge in [0.25, 0.3) is 5.91 Å². The topological polar surface area (TPSA) is 126 Å². The van der Waals surface area contributed by atoms with Crippen LogP contribution >= 0.6 is 0 Å². The zero-order valence-electron chi connectivity index (χ0n) is 23.0. The lowest BCUT2D eigenvalue weighted by Crippen LogP contribution is -2.33. The van der Waals surface area contributed by atoms with Gasteiger partial charge >= 0.3 is 17.8 Å². The van der Waals surface area contributed by atoms with E-state index in [9.17, 15) is 19.2 Å². The first-order valence-electron chi connectivity index (χ1n) is 13.3. The molecule has 5 aromatic rings. The molecule has 0 aliphatic carbocycles. The Kier molecular flexibility index (Phi) is 8.63. The number of aryl methyl sites for hydroxylation is 1. The summed E-state index contributed by atoms with van der Waals surface area (Å²) in [6.45, 7) is 1.94. The maximum absolute atomic E-state index is 12.8. The van der Waals surface area contributed by atoms with Gasteiger partial charge in [0.1, 0.15) is 5.75 Å². The summed E-state index contributed by atoms with van der Waals surface area (Å²) in [6.07, 6.45) is 1.34. The average Bonchev–Trinajstić information content (AvgIpc) is 3.02. The van der Waals surface area contributed by atoms with Gasteiger partial charge in [0.2, 0.25) is 0 Å². The fraction of sp³-hybridized carbons (Fsp3) is 0.0294. The molecule has 212 valence electrons. The van der Waals surface area contributed by atoms with Crippen molar-refractivity contribution < 1.29 is 23.9 Å². The quantitative estimate of drug-likeness (QED) is 0.0760. The first-order valence-corrected chi connectivity index (χ1v) is 13.3. The van der Waals surface area contributed by atoms with Gasteiger partial charge in [-0.3, -0.25) is 14.4 Å². The molecule has 0 saturated carbocycles. The number of para-hydroxylation sites is 1. The Balaban J connectivity index is 1.15. The van der Waals surface area contributed by atoms with Crippen LogP contribution in [0.25, 0.3) is 10.8 Å². The summed E-state index contributed by atoms with van der Waals surface area (Å²) in [7, 11) is 0. The Bertz CT molecular complexity index is 1840. The summed E-state index contributed by atoms with van der Waals surface area (Å²) in [5.74, 6) is -2.60. The molecule has 0 aromatic heterocycles. The lowest BCUT2D eigenvalue weighted by molar-refractivity contribution is -0.136. The molecule has 0 saturated heterocycles. The van der Waals surface area contributed by atoms with Crippen LogP contribution in [0.15, 0.2) is 120 Å². The Morgan fingerprint density at radius 3 is 2.14 bits per heavy atom. The number of anilines is 2. The summed E-state index contributed by atoms with van der Waals surface area (Å²) < 4.78 is 5.52. The number of nitrogens with one attached hydrogen (secondary N) is 3. The van der Waals surface area contributed by atoms with Gasteiger partial charge < -0.3 is 15.4 Å². The molecule has 3 N–H and O–H groups in total. The number of esters is 1. The maximum atomic E-state index is 12.8. The van der Waals surface area contributed by atoms with Crippen LogP contribution in [0.5, 0.6) is 5.75 Å². The number of rotatable bonds is 7. The van der Waals surface area contributed by atoms with E-state index < -0.39 is 23.7 Å². The largest absolute Gasteiger partial charge is 0.423 e. The fourth-order valence-corrected chi connectivity index (χ4v) is 4.21. The molecule has 0 bridgehead atoms. The normalized spacial score (nSPS) is 10.7. The molecule has 0 radical (unpaired) electrons. The van der Waals surface area contributed by atoms with Crippen LogP contribution in [0.3, 0.4) is 0 Å². The molecule has 0 heterocycles. The van der Waals surface area contributed by atoms with E-state index in [1.165, 1.54) is 18.3 Å². The van der Waals surface area contributed by atoms with Gasteiger partial charge in [0, 0.05) is 5.69 Å². The molecule has 0 atom stereocenters. The first kappa shape index (κ1) is 28.4. The van der Waals surface area contributed by atoms with Crippen molar-refractivity contribution >= 4 is 52.1 Å². The van der Waals surface area contributed by atoms with Crippen molar-refractivity contribution in [2.45, 2.75) is 6.92 Å². The number of fused-ring (bicyclic) bond motifs is 1. The van der Waals surface area contributed by atoms with E-state index in [1.807, 2.05) is 49.4 Å². The number of hydrazone groups is 1. The van der Waals surface area contributed by atoms with Gasteiger partial charge in [0.15, 0.2) is 0 Å². The number of nitrogens with zero attached hydrogens (tertiary/aromatic N) is 1. The van der Waals surface area contributed by atoms with Gasteiger partial charge in [0.05, 0.1) is 23.0 Å². The van der Waals surface area contributed by atoms with E-state index in [1.54, 1.807) is 60.7 Å². The third kappa shape index (κ3) is 7.17. The van der Waals surface area contributed by atoms with Gasteiger partial charge in [-0.05, 0) is 77.9 Å². The average molecular weight is 571 g/mol. The minimum absolute atomic E-state index is 0.171. The molecule has 0 unspecified atom stereocenters. The van der Waals surface area contributed by atoms with Crippen molar-refractivity contribution in [3.8, 4) is 5.75 Å². The van der Waals surface area contributed by atoms with Crippen LogP contribution in [-0.4, -0.2) is 29.9 Å². The van der Waals surface area contributed by atoms with Crippen molar-refractivity contribution in [1.29, 1.82) is 0 Å². The number of benzene rings is 5. The van der Waals surface area contributed by atoms with Gasteiger partial charge in [-0.2, -0.15) is 5.10 Å². The number of hydrogen-bond acceptors (Lipinski definition) is 6. The predicted octanol–water partition coefficient (Wildman–Crippen LogP) is 5.71. The van der Waals surface area contributed by atoms with Crippen LogP contribution in [0.4, 0.5) is 11.4 Å². The Hall–Kier alpha value is -6.09. The van der Waals surface area contributed by atoms with E-state index in [0.717, 1.165) is 16.3 Å². The van der Waals surface area contributed by atoms with Crippen molar-refractivity contribution in [2.75, 3.05) is 10.6 Å². The maximum Gasteiger partial charge on any atom is 0.344 e. The minimum Gasteiger partial charge on any atom is -0.423 e. The molecule has 43 heavy (non-hydrogen) atoms. The lowest BCUT2D eigenvalue weighted by Gasteiger charge is -2.11. The van der Waals surface area contributed by atoms with E-state index in [0.29, 0.717) is 22.6 Å². The Morgan fingerprint density at radius 1 is 0.674 bits per heavy atom. The molecule has 0 spiro atoms. The monoisotopic (exact) mass is 570 g/mol. The molecular weight excluding hydrogens is 544 g/mol. The standard InChI is InChI=1S/C34H26N4O5/c1-22-13-17-25(18-14-22)36-31(39)29-10-4-5-12-30(29)37-32(40)33(41)38-35-21-23-15-19-26(20-16-23)43-34(42)28-11-6-8-24-7-2-3-9-27(24)28/h2-21H,1H3,(H,36,39)(H,37,40)(H,38,41)/b35-21-. The zero-order valence-corrected chi connectivity index (χ0v) is 23.0. The number of hydrogen-bond donors (Lipinski definition) is 3. The SMILES string of the molecule is Cc1ccc(NC(=O)c2ccccc2NC(=O)C(=O)N/N=C\c2ccc(OC(=O)c3cccc4ccccc34)cc2)cc1. The highest BCUT2D eigenvalue weighted by Gasteiger charge is 2.18. The van der Waals surface area contributed by atoms with Gasteiger partial charge in [-0.15, -0.1) is 0 Å². The highest BCUT2D eigenvalue weighted by atomic mass is 16.5. The van der Waals surface area contributed by atoms with E-state index >= 15 is 0 Å². The summed E-state index contributed by atoms with van der Waals surface area (Å²) >= 11 is 0. The third-order valence-corrected chi connectivity index (χ3v) is 6.42. The van der Waals surface area contributed by atoms with Crippen LogP contribution in [0, 0.1) is 6.92 Å². The highest BCUT2D eigenvalue weighted by Crippen LogP contribution is 2.21. The van der Waals surface area contributed by atoms with Gasteiger partial charge in [-0.1, -0.05) is 66.2 Å². The van der Waals surface area contributed by atoms with Crippen LogP contribution in [0.1, 0.15) is 31.8 Å². The molecule has 5 rings (SSSR count). The second-order valence-corrected chi connectivity index (χ2v) is 9.50. The molecule has 9 nitrogen and oxygen atoms in total. The smallest absolute Gasteiger partial charge is 0.344 e. The van der Waals surface area contributed by atoms with Crippen molar-refractivity contribution in [3.63, 3.8) is 0 Å².